The summed E-state index contributed by atoms with van der Waals surface area (Å²) in [5.74, 6) is -1.53. The first-order valence-electron chi connectivity index (χ1n) is 5.30. The van der Waals surface area contributed by atoms with Gasteiger partial charge in [-0.1, -0.05) is 18.2 Å². The molecular formula is C13H13F2NS. The predicted molar refractivity (Wildman–Crippen MR) is 66.3 cm³/mol. The highest BCUT2D eigenvalue weighted by Gasteiger charge is 2.20. The maximum atomic E-state index is 13.9. The van der Waals surface area contributed by atoms with Gasteiger partial charge in [0.05, 0.1) is 6.04 Å². The van der Waals surface area contributed by atoms with Gasteiger partial charge in [-0.2, -0.15) is 0 Å². The summed E-state index contributed by atoms with van der Waals surface area (Å²) in [6.07, 6.45) is 0. The first-order valence-corrected chi connectivity index (χ1v) is 6.18. The minimum absolute atomic E-state index is 0.301. The van der Waals surface area contributed by atoms with Gasteiger partial charge in [-0.25, -0.2) is 8.78 Å². The van der Waals surface area contributed by atoms with Crippen molar-refractivity contribution in [1.82, 2.24) is 5.32 Å². The average Bonchev–Trinajstić information content (AvgIpc) is 2.84. The molecule has 0 aliphatic carbocycles. The van der Waals surface area contributed by atoms with Gasteiger partial charge in [-0.15, -0.1) is 11.3 Å². The van der Waals surface area contributed by atoms with Gasteiger partial charge >= 0.3 is 0 Å². The van der Waals surface area contributed by atoms with Gasteiger partial charge in [0.1, 0.15) is 0 Å². The van der Waals surface area contributed by atoms with Crippen LogP contribution in [-0.2, 0) is 0 Å². The van der Waals surface area contributed by atoms with Crippen molar-refractivity contribution < 1.29 is 8.78 Å². The van der Waals surface area contributed by atoms with Crippen LogP contribution < -0.4 is 5.32 Å². The van der Waals surface area contributed by atoms with Crippen LogP contribution in [0.25, 0.3) is 0 Å². The van der Waals surface area contributed by atoms with Crippen molar-refractivity contribution in [3.63, 3.8) is 0 Å². The van der Waals surface area contributed by atoms with Gasteiger partial charge in [-0.3, -0.25) is 0 Å². The Hall–Kier alpha value is -1.26. The molecule has 17 heavy (non-hydrogen) atoms. The lowest BCUT2D eigenvalue weighted by Crippen LogP contribution is -2.18. The molecule has 1 nitrogen and oxygen atoms in total. The molecule has 0 spiro atoms. The number of hydrogen-bond acceptors (Lipinski definition) is 2. The number of benzene rings is 1. The second-order valence-electron chi connectivity index (χ2n) is 3.84. The van der Waals surface area contributed by atoms with Crippen LogP contribution in [0.2, 0.25) is 0 Å². The number of rotatable bonds is 3. The maximum absolute atomic E-state index is 13.9. The average molecular weight is 253 g/mol. The van der Waals surface area contributed by atoms with Crippen molar-refractivity contribution in [2.24, 2.45) is 0 Å². The van der Waals surface area contributed by atoms with E-state index >= 15 is 0 Å². The Kier molecular flexibility index (Phi) is 3.54. The van der Waals surface area contributed by atoms with Crippen molar-refractivity contribution in [2.45, 2.75) is 13.0 Å². The smallest absolute Gasteiger partial charge is 0.164 e. The molecular weight excluding hydrogens is 240 g/mol. The lowest BCUT2D eigenvalue weighted by Gasteiger charge is -2.16. The van der Waals surface area contributed by atoms with E-state index in [0.29, 0.717) is 11.1 Å². The van der Waals surface area contributed by atoms with Gasteiger partial charge in [-0.05, 0) is 31.0 Å². The molecule has 0 saturated carbocycles. The number of nitrogens with one attached hydrogen (secondary N) is 1. The molecule has 0 bridgehead atoms. The summed E-state index contributed by atoms with van der Waals surface area (Å²) < 4.78 is 27.4. The molecule has 2 aromatic rings. The van der Waals surface area contributed by atoms with Gasteiger partial charge in [0, 0.05) is 10.4 Å². The van der Waals surface area contributed by atoms with E-state index in [2.05, 4.69) is 5.32 Å². The first-order chi connectivity index (χ1) is 8.15. The largest absolute Gasteiger partial charge is 0.309 e. The SMILES string of the molecule is CNC(c1cccs1)c1ccc(C)c(F)c1F. The molecule has 0 saturated heterocycles. The van der Waals surface area contributed by atoms with Crippen molar-refractivity contribution in [3.8, 4) is 0 Å². The molecule has 0 aliphatic rings. The molecule has 1 heterocycles. The fourth-order valence-corrected chi connectivity index (χ4v) is 2.64. The fraction of sp³-hybridized carbons (Fsp3) is 0.231. The fourth-order valence-electron chi connectivity index (χ4n) is 1.79. The first kappa shape index (κ1) is 12.2. The van der Waals surface area contributed by atoms with Crippen molar-refractivity contribution >= 4 is 11.3 Å². The lowest BCUT2D eigenvalue weighted by atomic mass is 10.0. The molecule has 1 atom stereocenters. The van der Waals surface area contributed by atoms with Crippen LogP contribution in [0.3, 0.4) is 0 Å². The van der Waals surface area contributed by atoms with Crippen LogP contribution in [0.4, 0.5) is 8.78 Å². The quantitative estimate of drug-likeness (QED) is 0.880. The summed E-state index contributed by atoms with van der Waals surface area (Å²) in [5.41, 5.74) is 0.672. The second-order valence-corrected chi connectivity index (χ2v) is 4.82. The molecule has 2 rings (SSSR count). The summed E-state index contributed by atoms with van der Waals surface area (Å²) in [4.78, 5) is 0.967. The summed E-state index contributed by atoms with van der Waals surface area (Å²) in [5, 5.41) is 4.93. The zero-order valence-electron chi connectivity index (χ0n) is 9.63. The summed E-state index contributed by atoms with van der Waals surface area (Å²) in [6, 6.07) is 6.74. The third kappa shape index (κ3) is 2.23. The third-order valence-electron chi connectivity index (χ3n) is 2.73. The topological polar surface area (TPSA) is 12.0 Å². The maximum Gasteiger partial charge on any atom is 0.164 e. The highest BCUT2D eigenvalue weighted by Crippen LogP contribution is 2.29. The van der Waals surface area contributed by atoms with E-state index < -0.39 is 11.6 Å². The van der Waals surface area contributed by atoms with E-state index in [9.17, 15) is 8.78 Å². The summed E-state index contributed by atoms with van der Waals surface area (Å²) in [6.45, 7) is 1.56. The molecule has 4 heteroatoms. The highest BCUT2D eigenvalue weighted by atomic mass is 32.1. The molecule has 0 aliphatic heterocycles. The summed E-state index contributed by atoms with van der Waals surface area (Å²) >= 11 is 1.52. The Bertz CT molecular complexity index is 508. The molecule has 0 radical (unpaired) electrons. The monoisotopic (exact) mass is 253 g/mol. The minimum Gasteiger partial charge on any atom is -0.309 e. The molecule has 1 unspecified atom stereocenters. The van der Waals surface area contributed by atoms with Gasteiger partial charge in [0.2, 0.25) is 0 Å². The van der Waals surface area contributed by atoms with E-state index in [1.807, 2.05) is 17.5 Å². The predicted octanol–water partition coefficient (Wildman–Crippen LogP) is 3.64. The molecule has 90 valence electrons. The van der Waals surface area contributed by atoms with Crippen LogP contribution in [0.5, 0.6) is 0 Å². The zero-order chi connectivity index (χ0) is 12.4. The number of halogens is 2. The van der Waals surface area contributed by atoms with E-state index in [1.165, 1.54) is 11.3 Å². The number of thiophene rings is 1. The minimum atomic E-state index is -0.766. The van der Waals surface area contributed by atoms with Crippen LogP contribution in [0.15, 0.2) is 29.6 Å². The molecule has 0 fully saturated rings. The van der Waals surface area contributed by atoms with Crippen LogP contribution >= 0.6 is 11.3 Å². The second kappa shape index (κ2) is 4.94. The zero-order valence-corrected chi connectivity index (χ0v) is 10.4. The van der Waals surface area contributed by atoms with Gasteiger partial charge < -0.3 is 5.32 Å². The van der Waals surface area contributed by atoms with E-state index in [0.717, 1.165) is 4.88 Å². The Balaban J connectivity index is 2.49. The Morgan fingerprint density at radius 1 is 1.18 bits per heavy atom. The Labute approximate surface area is 103 Å². The molecule has 1 aromatic carbocycles. The third-order valence-corrected chi connectivity index (χ3v) is 3.67. The van der Waals surface area contributed by atoms with Crippen molar-refractivity contribution in [1.29, 1.82) is 0 Å². The summed E-state index contributed by atoms with van der Waals surface area (Å²) in [7, 11) is 1.74. The van der Waals surface area contributed by atoms with Crippen LogP contribution in [0, 0.1) is 18.6 Å². The van der Waals surface area contributed by atoms with Crippen LogP contribution in [-0.4, -0.2) is 7.05 Å². The number of aryl methyl sites for hydroxylation is 1. The Morgan fingerprint density at radius 3 is 2.53 bits per heavy atom. The van der Waals surface area contributed by atoms with Crippen molar-refractivity contribution in [3.05, 3.63) is 57.3 Å². The lowest BCUT2D eigenvalue weighted by molar-refractivity contribution is 0.483. The van der Waals surface area contributed by atoms with E-state index in [1.54, 1.807) is 26.1 Å². The van der Waals surface area contributed by atoms with Gasteiger partial charge in [0.25, 0.3) is 0 Å². The highest BCUT2D eigenvalue weighted by molar-refractivity contribution is 7.10. The molecule has 1 N–H and O–H groups in total. The number of hydrogen-bond donors (Lipinski definition) is 1. The molecule has 1 aromatic heterocycles. The molecule has 0 amide bonds. The van der Waals surface area contributed by atoms with Crippen LogP contribution in [0.1, 0.15) is 22.0 Å². The normalized spacial score (nSPS) is 12.7. The van der Waals surface area contributed by atoms with Crippen molar-refractivity contribution in [2.75, 3.05) is 7.05 Å². The Morgan fingerprint density at radius 2 is 1.94 bits per heavy atom. The standard InChI is InChI=1S/C13H13F2NS/c1-8-5-6-9(12(15)11(8)14)13(16-2)10-4-3-7-17-10/h3-7,13,16H,1-2H3. The van der Waals surface area contributed by atoms with E-state index in [-0.39, 0.29) is 6.04 Å². The van der Waals surface area contributed by atoms with Gasteiger partial charge in [0.15, 0.2) is 11.6 Å². The van der Waals surface area contributed by atoms with E-state index in [4.69, 9.17) is 0 Å².